The predicted octanol–water partition coefficient (Wildman–Crippen LogP) is 5.05. The van der Waals surface area contributed by atoms with Crippen molar-refractivity contribution in [3.8, 4) is 5.75 Å². The van der Waals surface area contributed by atoms with E-state index in [2.05, 4.69) is 15.7 Å². The summed E-state index contributed by atoms with van der Waals surface area (Å²) in [5.41, 5.74) is 0.323. The van der Waals surface area contributed by atoms with Crippen molar-refractivity contribution in [3.05, 3.63) is 59.1 Å². The first-order valence-electron chi connectivity index (χ1n) is 8.87. The number of nitrogens with one attached hydrogen (secondary N) is 2. The fourth-order valence-electron chi connectivity index (χ4n) is 3.35. The van der Waals surface area contributed by atoms with Gasteiger partial charge in [0.25, 0.3) is 5.91 Å². The second-order valence-electron chi connectivity index (χ2n) is 6.66. The van der Waals surface area contributed by atoms with Gasteiger partial charge in [0.2, 0.25) is 0 Å². The number of hydrogen-bond donors (Lipinski definition) is 2. The molecule has 3 aromatic rings. The number of anilines is 2. The van der Waals surface area contributed by atoms with Crippen LogP contribution >= 0.6 is 11.6 Å². The van der Waals surface area contributed by atoms with Crippen LogP contribution in [-0.4, -0.2) is 29.0 Å². The lowest BCUT2D eigenvalue weighted by molar-refractivity contribution is -0.174. The molecule has 1 aromatic carbocycles. The molecule has 1 amide bonds. The first-order valence-corrected chi connectivity index (χ1v) is 9.24. The molecule has 30 heavy (non-hydrogen) atoms. The standard InChI is InChI=1S/C19H16ClF3N4O3/c1-29-14-5-4-10(7-12(14)20)25-18(28)11-9-24-27-16(19(21,22)23)8-13(26-17(11)27)15-3-2-6-30-15/h2-7,9,13,16,26H,8H2,1H3,(H,25,28). The van der Waals surface area contributed by atoms with Gasteiger partial charge in [-0.15, -0.1) is 0 Å². The molecule has 0 radical (unpaired) electrons. The molecule has 7 nitrogen and oxygen atoms in total. The van der Waals surface area contributed by atoms with Crippen molar-refractivity contribution in [1.82, 2.24) is 9.78 Å². The molecular weight excluding hydrogens is 425 g/mol. The maximum absolute atomic E-state index is 13.7. The molecule has 0 bridgehead atoms. The van der Waals surface area contributed by atoms with Crippen LogP contribution in [0.25, 0.3) is 0 Å². The number of hydrogen-bond acceptors (Lipinski definition) is 5. The lowest BCUT2D eigenvalue weighted by Crippen LogP contribution is -2.36. The van der Waals surface area contributed by atoms with Gasteiger partial charge in [-0.05, 0) is 30.3 Å². The minimum absolute atomic E-state index is 0.0348. The molecule has 3 heterocycles. The molecule has 4 rings (SSSR count). The predicted molar refractivity (Wildman–Crippen MR) is 103 cm³/mol. The van der Waals surface area contributed by atoms with Crippen LogP contribution in [0, 0.1) is 0 Å². The molecule has 0 aliphatic carbocycles. The van der Waals surface area contributed by atoms with Crippen LogP contribution in [0.5, 0.6) is 5.75 Å². The van der Waals surface area contributed by atoms with Gasteiger partial charge in [0, 0.05) is 12.1 Å². The molecule has 0 spiro atoms. The molecule has 0 saturated carbocycles. The third-order valence-electron chi connectivity index (χ3n) is 4.78. The molecule has 0 fully saturated rings. The summed E-state index contributed by atoms with van der Waals surface area (Å²) in [6.45, 7) is 0. The minimum atomic E-state index is -4.55. The number of halogens is 4. The molecule has 158 valence electrons. The van der Waals surface area contributed by atoms with Crippen LogP contribution in [0.1, 0.15) is 34.6 Å². The third kappa shape index (κ3) is 3.70. The maximum atomic E-state index is 13.7. The molecule has 1 aliphatic rings. The number of benzene rings is 1. The summed E-state index contributed by atoms with van der Waals surface area (Å²) in [6, 6.07) is 5.11. The van der Waals surface area contributed by atoms with E-state index < -0.39 is 24.2 Å². The zero-order chi connectivity index (χ0) is 21.5. The van der Waals surface area contributed by atoms with Crippen molar-refractivity contribution in [2.75, 3.05) is 17.7 Å². The molecule has 2 atom stereocenters. The highest BCUT2D eigenvalue weighted by atomic mass is 35.5. The highest BCUT2D eigenvalue weighted by Crippen LogP contribution is 2.44. The van der Waals surface area contributed by atoms with Gasteiger partial charge in [0.05, 0.1) is 30.6 Å². The Morgan fingerprint density at radius 2 is 2.20 bits per heavy atom. The zero-order valence-electron chi connectivity index (χ0n) is 15.5. The summed E-state index contributed by atoms with van der Waals surface area (Å²) < 4.78 is 52.1. The first kappa shape index (κ1) is 20.1. The SMILES string of the molecule is COc1ccc(NC(=O)c2cnn3c2NC(c2ccco2)CC3C(F)(F)F)cc1Cl. The Kier molecular flexibility index (Phi) is 5.10. The van der Waals surface area contributed by atoms with Crippen LogP contribution in [0.2, 0.25) is 5.02 Å². The lowest BCUT2D eigenvalue weighted by Gasteiger charge is -2.32. The van der Waals surface area contributed by atoms with Gasteiger partial charge in [-0.1, -0.05) is 11.6 Å². The average Bonchev–Trinajstić information content (AvgIpc) is 3.36. The number of amides is 1. The minimum Gasteiger partial charge on any atom is -0.495 e. The molecule has 2 unspecified atom stereocenters. The van der Waals surface area contributed by atoms with Crippen molar-refractivity contribution in [2.45, 2.75) is 24.7 Å². The number of ether oxygens (including phenoxy) is 1. The Hall–Kier alpha value is -3.14. The van der Waals surface area contributed by atoms with E-state index in [1.165, 1.54) is 19.4 Å². The fourth-order valence-corrected chi connectivity index (χ4v) is 3.61. The molecular formula is C19H16ClF3N4O3. The number of furan rings is 1. The number of aromatic nitrogens is 2. The molecule has 1 aliphatic heterocycles. The third-order valence-corrected chi connectivity index (χ3v) is 5.07. The van der Waals surface area contributed by atoms with Crippen molar-refractivity contribution in [1.29, 1.82) is 0 Å². The Balaban J connectivity index is 1.65. The van der Waals surface area contributed by atoms with Gasteiger partial charge >= 0.3 is 6.18 Å². The Morgan fingerprint density at radius 3 is 2.83 bits per heavy atom. The summed E-state index contributed by atoms with van der Waals surface area (Å²) >= 11 is 6.06. The van der Waals surface area contributed by atoms with E-state index >= 15 is 0 Å². The van der Waals surface area contributed by atoms with E-state index in [0.717, 1.165) is 10.9 Å². The van der Waals surface area contributed by atoms with Gasteiger partial charge in [-0.25, -0.2) is 4.68 Å². The van der Waals surface area contributed by atoms with Gasteiger partial charge < -0.3 is 19.8 Å². The maximum Gasteiger partial charge on any atom is 0.410 e. The number of fused-ring (bicyclic) bond motifs is 1. The monoisotopic (exact) mass is 440 g/mol. The van der Waals surface area contributed by atoms with Crippen LogP contribution in [0.3, 0.4) is 0 Å². The van der Waals surface area contributed by atoms with Crippen LogP contribution in [0.15, 0.2) is 47.2 Å². The topological polar surface area (TPSA) is 81.3 Å². The second-order valence-corrected chi connectivity index (χ2v) is 7.07. The van der Waals surface area contributed by atoms with Crippen LogP contribution in [-0.2, 0) is 0 Å². The highest BCUT2D eigenvalue weighted by molar-refractivity contribution is 6.32. The Labute approximate surface area is 173 Å². The molecule has 0 saturated heterocycles. The van der Waals surface area contributed by atoms with Gasteiger partial charge in [-0.2, -0.15) is 18.3 Å². The van der Waals surface area contributed by atoms with E-state index in [9.17, 15) is 18.0 Å². The smallest absolute Gasteiger partial charge is 0.410 e. The summed E-state index contributed by atoms with van der Waals surface area (Å²) in [5, 5.41) is 9.66. The van der Waals surface area contributed by atoms with E-state index in [1.807, 2.05) is 0 Å². The van der Waals surface area contributed by atoms with Crippen LogP contribution in [0.4, 0.5) is 24.7 Å². The van der Waals surface area contributed by atoms with Crippen molar-refractivity contribution >= 4 is 29.0 Å². The van der Waals surface area contributed by atoms with Crippen molar-refractivity contribution in [2.24, 2.45) is 0 Å². The van der Waals surface area contributed by atoms with Gasteiger partial charge in [0.1, 0.15) is 22.9 Å². The lowest BCUT2D eigenvalue weighted by atomic mass is 10.0. The van der Waals surface area contributed by atoms with Crippen molar-refractivity contribution < 1.29 is 27.1 Å². The van der Waals surface area contributed by atoms with Crippen molar-refractivity contribution in [3.63, 3.8) is 0 Å². The first-order chi connectivity index (χ1) is 14.3. The number of methoxy groups -OCH3 is 1. The van der Waals surface area contributed by atoms with E-state index in [0.29, 0.717) is 17.2 Å². The van der Waals surface area contributed by atoms with Gasteiger partial charge in [-0.3, -0.25) is 4.79 Å². The Bertz CT molecular complexity index is 1070. The normalized spacial score (nSPS) is 18.4. The second kappa shape index (κ2) is 7.60. The number of nitrogens with zero attached hydrogens (tertiary/aromatic N) is 2. The van der Waals surface area contributed by atoms with Gasteiger partial charge in [0.15, 0.2) is 6.04 Å². The van der Waals surface area contributed by atoms with E-state index in [1.54, 1.807) is 24.3 Å². The Morgan fingerprint density at radius 1 is 1.40 bits per heavy atom. The molecule has 11 heteroatoms. The largest absolute Gasteiger partial charge is 0.495 e. The quantitative estimate of drug-likeness (QED) is 0.593. The average molecular weight is 441 g/mol. The van der Waals surface area contributed by atoms with Crippen LogP contribution < -0.4 is 15.4 Å². The number of alkyl halides is 3. The summed E-state index contributed by atoms with van der Waals surface area (Å²) in [4.78, 5) is 12.8. The highest BCUT2D eigenvalue weighted by Gasteiger charge is 2.47. The summed E-state index contributed by atoms with van der Waals surface area (Å²) in [5.74, 6) is 0.0895. The number of rotatable bonds is 4. The fraction of sp³-hybridized carbons (Fsp3) is 0.263. The summed E-state index contributed by atoms with van der Waals surface area (Å²) in [7, 11) is 1.46. The molecule has 2 aromatic heterocycles. The molecule has 2 N–H and O–H groups in total. The zero-order valence-corrected chi connectivity index (χ0v) is 16.3. The van der Waals surface area contributed by atoms with E-state index in [-0.39, 0.29) is 22.8 Å². The number of carbonyl (C=O) groups is 1. The summed E-state index contributed by atoms with van der Waals surface area (Å²) in [6.07, 6.45) is -2.38. The number of carbonyl (C=O) groups excluding carboxylic acids is 1. The van der Waals surface area contributed by atoms with E-state index in [4.69, 9.17) is 20.8 Å².